The summed E-state index contributed by atoms with van der Waals surface area (Å²) in [6.07, 6.45) is -0.206. The number of halogens is 3. The summed E-state index contributed by atoms with van der Waals surface area (Å²) in [4.78, 5) is 11.8. The van der Waals surface area contributed by atoms with Crippen LogP contribution in [0.3, 0.4) is 0 Å². The molecule has 0 N–H and O–H groups in total. The van der Waals surface area contributed by atoms with Crippen LogP contribution in [0.15, 0.2) is 18.5 Å². The Morgan fingerprint density at radius 2 is 2.05 bits per heavy atom. The van der Waals surface area contributed by atoms with Gasteiger partial charge in [0.2, 0.25) is 0 Å². The minimum Gasteiger partial charge on any atom is -0.293 e. The van der Waals surface area contributed by atoms with Crippen molar-refractivity contribution in [2.45, 2.75) is 33.5 Å². The Morgan fingerprint density at radius 3 is 2.50 bits per heavy atom. The van der Waals surface area contributed by atoms with Crippen molar-refractivity contribution in [3.8, 4) is 0 Å². The second kappa shape index (κ2) is 5.78. The third-order valence-corrected chi connectivity index (χ3v) is 3.09. The van der Waals surface area contributed by atoms with E-state index in [0.717, 1.165) is 16.9 Å². The van der Waals surface area contributed by atoms with Gasteiger partial charge in [-0.1, -0.05) is 0 Å². The SMILES string of the molecule is CCn1cc(C=C(C(C)=O)n2ccc(C(F)(F)F)n2)c(C)n1. The molecule has 0 saturated heterocycles. The van der Waals surface area contributed by atoms with Gasteiger partial charge < -0.3 is 0 Å². The Morgan fingerprint density at radius 1 is 1.36 bits per heavy atom. The molecule has 0 aromatic carbocycles. The number of carbonyl (C=O) groups excluding carboxylic acids is 1. The molecule has 0 fully saturated rings. The molecule has 8 heteroatoms. The van der Waals surface area contributed by atoms with Crippen molar-refractivity contribution < 1.29 is 18.0 Å². The number of ketones is 1. The zero-order chi connectivity index (χ0) is 16.5. The van der Waals surface area contributed by atoms with Gasteiger partial charge in [-0.3, -0.25) is 9.48 Å². The lowest BCUT2D eigenvalue weighted by molar-refractivity contribution is -0.141. The number of rotatable bonds is 4. The van der Waals surface area contributed by atoms with Gasteiger partial charge in [0, 0.05) is 31.4 Å². The van der Waals surface area contributed by atoms with Gasteiger partial charge in [0.15, 0.2) is 11.5 Å². The Labute approximate surface area is 125 Å². The van der Waals surface area contributed by atoms with Crippen LogP contribution < -0.4 is 0 Å². The summed E-state index contributed by atoms with van der Waals surface area (Å²) in [5.74, 6) is -0.388. The lowest BCUT2D eigenvalue weighted by atomic mass is 10.2. The monoisotopic (exact) mass is 312 g/mol. The van der Waals surface area contributed by atoms with E-state index in [2.05, 4.69) is 10.2 Å². The molecule has 0 aliphatic carbocycles. The van der Waals surface area contributed by atoms with Crippen LogP contribution in [0.5, 0.6) is 0 Å². The van der Waals surface area contributed by atoms with E-state index in [1.807, 2.05) is 6.92 Å². The van der Waals surface area contributed by atoms with E-state index >= 15 is 0 Å². The second-order valence-electron chi connectivity index (χ2n) is 4.75. The van der Waals surface area contributed by atoms with Crippen molar-refractivity contribution in [2.75, 3.05) is 0 Å². The van der Waals surface area contributed by atoms with E-state index < -0.39 is 11.9 Å². The van der Waals surface area contributed by atoms with E-state index in [-0.39, 0.29) is 11.5 Å². The summed E-state index contributed by atoms with van der Waals surface area (Å²) in [6, 6.07) is 0.832. The van der Waals surface area contributed by atoms with Crippen LogP contribution in [0.25, 0.3) is 11.8 Å². The van der Waals surface area contributed by atoms with Crippen molar-refractivity contribution >= 4 is 17.6 Å². The largest absolute Gasteiger partial charge is 0.435 e. The van der Waals surface area contributed by atoms with Crippen LogP contribution in [0.4, 0.5) is 13.2 Å². The molecule has 0 bridgehead atoms. The molecule has 5 nitrogen and oxygen atoms in total. The molecule has 0 unspecified atom stereocenters. The summed E-state index contributed by atoms with van der Waals surface area (Å²) < 4.78 is 40.5. The van der Waals surface area contributed by atoms with Gasteiger partial charge in [0.05, 0.1) is 5.69 Å². The average molecular weight is 312 g/mol. The molecule has 118 valence electrons. The quantitative estimate of drug-likeness (QED) is 0.816. The number of carbonyl (C=O) groups is 1. The lowest BCUT2D eigenvalue weighted by Gasteiger charge is -2.05. The predicted octanol–water partition coefficient (Wildman–Crippen LogP) is 3.01. The Kier molecular flexibility index (Phi) is 4.20. The fraction of sp³-hybridized carbons (Fsp3) is 0.357. The molecular formula is C14H15F3N4O. The Balaban J connectivity index is 2.46. The third kappa shape index (κ3) is 3.26. The van der Waals surface area contributed by atoms with Crippen molar-refractivity contribution in [3.63, 3.8) is 0 Å². The smallest absolute Gasteiger partial charge is 0.293 e. The van der Waals surface area contributed by atoms with E-state index in [0.29, 0.717) is 17.8 Å². The van der Waals surface area contributed by atoms with Gasteiger partial charge in [0.25, 0.3) is 0 Å². The molecule has 22 heavy (non-hydrogen) atoms. The number of hydrogen-bond acceptors (Lipinski definition) is 3. The Hall–Kier alpha value is -2.38. The summed E-state index contributed by atoms with van der Waals surface area (Å²) >= 11 is 0. The highest BCUT2D eigenvalue weighted by Crippen LogP contribution is 2.28. The maximum atomic E-state index is 12.6. The summed E-state index contributed by atoms with van der Waals surface area (Å²) in [7, 11) is 0. The first-order valence-corrected chi connectivity index (χ1v) is 6.62. The molecule has 0 amide bonds. The molecule has 2 aromatic heterocycles. The van der Waals surface area contributed by atoms with E-state index in [9.17, 15) is 18.0 Å². The van der Waals surface area contributed by atoms with Crippen LogP contribution in [0.2, 0.25) is 0 Å². The fourth-order valence-corrected chi connectivity index (χ4v) is 1.92. The van der Waals surface area contributed by atoms with E-state index in [1.165, 1.54) is 13.0 Å². The number of hydrogen-bond donors (Lipinski definition) is 0. The van der Waals surface area contributed by atoms with Gasteiger partial charge in [-0.2, -0.15) is 23.4 Å². The molecule has 0 aliphatic rings. The number of Topliss-reactive ketones (excluding diaryl/α,β-unsaturated/α-hetero) is 1. The standard InChI is InChI=1S/C14H15F3N4O/c1-4-20-8-11(9(2)18-20)7-12(10(3)22)21-6-5-13(19-21)14(15,16)17/h5-8H,4H2,1-3H3. The van der Waals surface area contributed by atoms with Crippen LogP contribution in [-0.2, 0) is 17.5 Å². The van der Waals surface area contributed by atoms with Crippen molar-refractivity contribution in [1.82, 2.24) is 19.6 Å². The molecule has 0 atom stereocenters. The van der Waals surface area contributed by atoms with Gasteiger partial charge >= 0.3 is 6.18 Å². The number of alkyl halides is 3. The maximum Gasteiger partial charge on any atom is 0.435 e. The number of nitrogens with zero attached hydrogens (tertiary/aromatic N) is 4. The highest BCUT2D eigenvalue weighted by Gasteiger charge is 2.34. The van der Waals surface area contributed by atoms with Crippen molar-refractivity contribution in [3.05, 3.63) is 35.4 Å². The van der Waals surface area contributed by atoms with Crippen molar-refractivity contribution in [1.29, 1.82) is 0 Å². The molecule has 0 saturated carbocycles. The van der Waals surface area contributed by atoms with Gasteiger partial charge in [0.1, 0.15) is 5.70 Å². The highest BCUT2D eigenvalue weighted by atomic mass is 19.4. The zero-order valence-electron chi connectivity index (χ0n) is 12.3. The molecule has 0 aliphatic heterocycles. The van der Waals surface area contributed by atoms with E-state index in [4.69, 9.17) is 0 Å². The number of allylic oxidation sites excluding steroid dienone is 1. The average Bonchev–Trinajstić information content (AvgIpc) is 3.02. The normalized spacial score (nSPS) is 12.7. The first kappa shape index (κ1) is 16.0. The third-order valence-electron chi connectivity index (χ3n) is 3.09. The summed E-state index contributed by atoms with van der Waals surface area (Å²) in [5, 5.41) is 7.66. The predicted molar refractivity (Wildman–Crippen MR) is 74.7 cm³/mol. The number of aryl methyl sites for hydroxylation is 2. The highest BCUT2D eigenvalue weighted by molar-refractivity contribution is 6.18. The topological polar surface area (TPSA) is 52.7 Å². The molecule has 2 aromatic rings. The molecular weight excluding hydrogens is 297 g/mol. The van der Waals surface area contributed by atoms with Crippen LogP contribution in [0.1, 0.15) is 30.8 Å². The second-order valence-corrected chi connectivity index (χ2v) is 4.75. The summed E-state index contributed by atoms with van der Waals surface area (Å²) in [6.45, 7) is 5.61. The number of aromatic nitrogens is 4. The fourth-order valence-electron chi connectivity index (χ4n) is 1.92. The minimum atomic E-state index is -4.55. The van der Waals surface area contributed by atoms with Crippen LogP contribution in [0, 0.1) is 6.92 Å². The zero-order valence-corrected chi connectivity index (χ0v) is 12.3. The van der Waals surface area contributed by atoms with Gasteiger partial charge in [-0.25, -0.2) is 4.68 Å². The lowest BCUT2D eigenvalue weighted by Crippen LogP contribution is -2.10. The van der Waals surface area contributed by atoms with Crippen LogP contribution in [-0.4, -0.2) is 25.3 Å². The van der Waals surface area contributed by atoms with Gasteiger partial charge in [-0.05, 0) is 26.0 Å². The van der Waals surface area contributed by atoms with Crippen LogP contribution >= 0.6 is 0 Å². The van der Waals surface area contributed by atoms with Gasteiger partial charge in [-0.15, -0.1) is 0 Å². The molecule has 0 spiro atoms. The molecule has 0 radical (unpaired) electrons. The molecule has 2 heterocycles. The first-order chi connectivity index (χ1) is 10.2. The first-order valence-electron chi connectivity index (χ1n) is 6.62. The Bertz CT molecular complexity index is 725. The van der Waals surface area contributed by atoms with Crippen molar-refractivity contribution in [2.24, 2.45) is 0 Å². The van der Waals surface area contributed by atoms with E-state index in [1.54, 1.807) is 17.8 Å². The minimum absolute atomic E-state index is 0.0502. The summed E-state index contributed by atoms with van der Waals surface area (Å²) in [5.41, 5.74) is 0.356. The maximum absolute atomic E-state index is 12.6. The molecule has 2 rings (SSSR count).